The second kappa shape index (κ2) is 8.91. The third kappa shape index (κ3) is 5.22. The molecule has 2 aromatic carbocycles. The van der Waals surface area contributed by atoms with Gasteiger partial charge in [0.2, 0.25) is 0 Å². The first kappa shape index (κ1) is 16.1. The SMILES string of the molecule is CCCNC(CCc1ccccc1)c1ccc(SC)cc1. The maximum atomic E-state index is 3.69. The van der Waals surface area contributed by atoms with Crippen molar-refractivity contribution in [2.75, 3.05) is 12.8 Å². The molecule has 0 aliphatic carbocycles. The highest BCUT2D eigenvalue weighted by Crippen LogP contribution is 2.22. The van der Waals surface area contributed by atoms with E-state index in [0.29, 0.717) is 6.04 Å². The second-order valence-corrected chi connectivity index (χ2v) is 6.18. The Morgan fingerprint density at radius 3 is 2.33 bits per heavy atom. The van der Waals surface area contributed by atoms with Gasteiger partial charge in [0.15, 0.2) is 0 Å². The molecule has 2 heteroatoms. The minimum atomic E-state index is 0.445. The van der Waals surface area contributed by atoms with Gasteiger partial charge in [0, 0.05) is 10.9 Å². The lowest BCUT2D eigenvalue weighted by molar-refractivity contribution is 0.499. The zero-order chi connectivity index (χ0) is 14.9. The number of hydrogen-bond donors (Lipinski definition) is 1. The van der Waals surface area contributed by atoms with Crippen LogP contribution < -0.4 is 5.32 Å². The molecule has 0 heterocycles. The van der Waals surface area contributed by atoms with E-state index in [1.807, 2.05) is 0 Å². The van der Waals surface area contributed by atoms with Crippen LogP contribution in [0.3, 0.4) is 0 Å². The van der Waals surface area contributed by atoms with E-state index in [1.54, 1.807) is 11.8 Å². The molecule has 1 N–H and O–H groups in total. The highest BCUT2D eigenvalue weighted by atomic mass is 32.2. The zero-order valence-electron chi connectivity index (χ0n) is 13.0. The van der Waals surface area contributed by atoms with Gasteiger partial charge in [0.05, 0.1) is 0 Å². The summed E-state index contributed by atoms with van der Waals surface area (Å²) in [4.78, 5) is 1.33. The van der Waals surface area contributed by atoms with Gasteiger partial charge in [0.25, 0.3) is 0 Å². The fourth-order valence-corrected chi connectivity index (χ4v) is 2.91. The van der Waals surface area contributed by atoms with Gasteiger partial charge in [-0.2, -0.15) is 0 Å². The van der Waals surface area contributed by atoms with Crippen LogP contribution in [0.4, 0.5) is 0 Å². The Bertz CT molecular complexity index is 507. The van der Waals surface area contributed by atoms with Crippen LogP contribution >= 0.6 is 11.8 Å². The van der Waals surface area contributed by atoms with E-state index in [0.717, 1.165) is 19.4 Å². The van der Waals surface area contributed by atoms with E-state index in [-0.39, 0.29) is 0 Å². The molecule has 0 aliphatic rings. The van der Waals surface area contributed by atoms with Crippen LogP contribution in [0.15, 0.2) is 59.5 Å². The van der Waals surface area contributed by atoms with Crippen molar-refractivity contribution in [1.29, 1.82) is 0 Å². The number of nitrogens with one attached hydrogen (secondary N) is 1. The Morgan fingerprint density at radius 1 is 1.00 bits per heavy atom. The molecule has 0 saturated carbocycles. The summed E-state index contributed by atoms with van der Waals surface area (Å²) in [7, 11) is 0. The van der Waals surface area contributed by atoms with E-state index in [1.165, 1.54) is 22.4 Å². The van der Waals surface area contributed by atoms with Gasteiger partial charge in [0.1, 0.15) is 0 Å². The zero-order valence-corrected chi connectivity index (χ0v) is 13.8. The summed E-state index contributed by atoms with van der Waals surface area (Å²) in [5.41, 5.74) is 2.82. The molecule has 0 spiro atoms. The Labute approximate surface area is 133 Å². The van der Waals surface area contributed by atoms with Crippen LogP contribution in [-0.2, 0) is 6.42 Å². The fraction of sp³-hybridized carbons (Fsp3) is 0.368. The fourth-order valence-electron chi connectivity index (χ4n) is 2.50. The van der Waals surface area contributed by atoms with Crippen molar-refractivity contribution in [2.24, 2.45) is 0 Å². The molecule has 112 valence electrons. The highest BCUT2D eigenvalue weighted by molar-refractivity contribution is 7.98. The van der Waals surface area contributed by atoms with Crippen molar-refractivity contribution in [1.82, 2.24) is 5.32 Å². The highest BCUT2D eigenvalue weighted by Gasteiger charge is 2.10. The summed E-state index contributed by atoms with van der Waals surface area (Å²) in [5, 5.41) is 3.69. The van der Waals surface area contributed by atoms with Crippen LogP contribution in [0.25, 0.3) is 0 Å². The molecule has 1 atom stereocenters. The number of rotatable bonds is 8. The standard InChI is InChI=1S/C19H25NS/c1-3-15-20-19(14-9-16-7-5-4-6-8-16)17-10-12-18(21-2)13-11-17/h4-8,10-13,19-20H,3,9,14-15H2,1-2H3. The topological polar surface area (TPSA) is 12.0 Å². The molecule has 0 saturated heterocycles. The quantitative estimate of drug-likeness (QED) is 0.682. The first-order valence-corrected chi connectivity index (χ1v) is 8.97. The van der Waals surface area contributed by atoms with Crippen LogP contribution in [0.2, 0.25) is 0 Å². The van der Waals surface area contributed by atoms with Gasteiger partial charge in [-0.1, -0.05) is 49.4 Å². The van der Waals surface area contributed by atoms with Crippen molar-refractivity contribution in [3.05, 3.63) is 65.7 Å². The molecule has 2 rings (SSSR count). The maximum Gasteiger partial charge on any atom is 0.0323 e. The lowest BCUT2D eigenvalue weighted by Gasteiger charge is -2.19. The summed E-state index contributed by atoms with van der Waals surface area (Å²) in [6.45, 7) is 3.29. The molecular weight excluding hydrogens is 274 g/mol. The normalized spacial score (nSPS) is 12.3. The first-order chi connectivity index (χ1) is 10.3. The van der Waals surface area contributed by atoms with E-state index in [9.17, 15) is 0 Å². The molecule has 0 fully saturated rings. The molecule has 0 aliphatic heterocycles. The number of thioether (sulfide) groups is 1. The second-order valence-electron chi connectivity index (χ2n) is 5.30. The summed E-state index contributed by atoms with van der Waals surface area (Å²) in [6.07, 6.45) is 5.55. The van der Waals surface area contributed by atoms with Crippen LogP contribution in [0.1, 0.15) is 36.9 Å². The van der Waals surface area contributed by atoms with E-state index in [2.05, 4.69) is 73.1 Å². The lowest BCUT2D eigenvalue weighted by atomic mass is 9.99. The average molecular weight is 299 g/mol. The molecule has 1 nitrogen and oxygen atoms in total. The van der Waals surface area contributed by atoms with Gasteiger partial charge in [-0.05, 0) is 55.3 Å². The molecule has 21 heavy (non-hydrogen) atoms. The third-order valence-electron chi connectivity index (χ3n) is 3.72. The van der Waals surface area contributed by atoms with Crippen molar-refractivity contribution < 1.29 is 0 Å². The summed E-state index contributed by atoms with van der Waals surface area (Å²) < 4.78 is 0. The Morgan fingerprint density at radius 2 is 1.71 bits per heavy atom. The van der Waals surface area contributed by atoms with Crippen LogP contribution in [0.5, 0.6) is 0 Å². The van der Waals surface area contributed by atoms with Crippen LogP contribution in [-0.4, -0.2) is 12.8 Å². The van der Waals surface area contributed by atoms with Gasteiger partial charge < -0.3 is 5.32 Å². The van der Waals surface area contributed by atoms with Crippen molar-refractivity contribution in [3.63, 3.8) is 0 Å². The summed E-state index contributed by atoms with van der Waals surface area (Å²) in [5.74, 6) is 0. The minimum Gasteiger partial charge on any atom is -0.310 e. The maximum absolute atomic E-state index is 3.69. The smallest absolute Gasteiger partial charge is 0.0323 e. The van der Waals surface area contributed by atoms with Gasteiger partial charge in [-0.3, -0.25) is 0 Å². The third-order valence-corrected chi connectivity index (χ3v) is 4.47. The summed E-state index contributed by atoms with van der Waals surface area (Å²) >= 11 is 1.80. The monoisotopic (exact) mass is 299 g/mol. The molecule has 0 bridgehead atoms. The number of hydrogen-bond acceptors (Lipinski definition) is 2. The van der Waals surface area contributed by atoms with E-state index < -0.39 is 0 Å². The van der Waals surface area contributed by atoms with Crippen LogP contribution in [0, 0.1) is 0 Å². The predicted molar refractivity (Wildman–Crippen MR) is 94.0 cm³/mol. The summed E-state index contributed by atoms with van der Waals surface area (Å²) in [6, 6.07) is 20.2. The molecule has 0 aromatic heterocycles. The molecular formula is C19H25NS. The lowest BCUT2D eigenvalue weighted by Crippen LogP contribution is -2.22. The molecule has 0 amide bonds. The van der Waals surface area contributed by atoms with Crippen molar-refractivity contribution in [3.8, 4) is 0 Å². The van der Waals surface area contributed by atoms with Gasteiger partial charge in [-0.25, -0.2) is 0 Å². The molecule has 2 aromatic rings. The first-order valence-electron chi connectivity index (χ1n) is 7.74. The Balaban J connectivity index is 2.02. The number of benzene rings is 2. The largest absolute Gasteiger partial charge is 0.310 e. The van der Waals surface area contributed by atoms with E-state index >= 15 is 0 Å². The van der Waals surface area contributed by atoms with E-state index in [4.69, 9.17) is 0 Å². The van der Waals surface area contributed by atoms with Crippen molar-refractivity contribution in [2.45, 2.75) is 37.1 Å². The Kier molecular flexibility index (Phi) is 6.84. The van der Waals surface area contributed by atoms with Crippen molar-refractivity contribution >= 4 is 11.8 Å². The predicted octanol–water partition coefficient (Wildman–Crippen LogP) is 5.08. The molecule has 0 radical (unpaired) electrons. The van der Waals surface area contributed by atoms with Gasteiger partial charge >= 0.3 is 0 Å². The number of aryl methyl sites for hydroxylation is 1. The minimum absolute atomic E-state index is 0.445. The molecule has 1 unspecified atom stereocenters. The van der Waals surface area contributed by atoms with Gasteiger partial charge in [-0.15, -0.1) is 11.8 Å². The Hall–Kier alpha value is -1.25. The average Bonchev–Trinajstić information content (AvgIpc) is 2.56.